The van der Waals surface area contributed by atoms with Gasteiger partial charge in [-0.25, -0.2) is 0 Å². The number of benzene rings is 1. The van der Waals surface area contributed by atoms with Crippen molar-refractivity contribution in [1.82, 2.24) is 4.90 Å². The second-order valence-electron chi connectivity index (χ2n) is 3.69. The Hall–Kier alpha value is -1.26. The van der Waals surface area contributed by atoms with Gasteiger partial charge < -0.3 is 14.8 Å². The van der Waals surface area contributed by atoms with Crippen LogP contribution >= 0.6 is 12.4 Å². The Morgan fingerprint density at radius 1 is 1.33 bits per heavy atom. The lowest BCUT2D eigenvalue weighted by molar-refractivity contribution is 0.223. The van der Waals surface area contributed by atoms with Gasteiger partial charge in [0.15, 0.2) is 0 Å². The molecule has 0 saturated carbocycles. The Morgan fingerprint density at radius 3 is 2.67 bits per heavy atom. The molecule has 0 saturated heterocycles. The minimum atomic E-state index is 0. The number of oxime groups is 1. The highest BCUT2D eigenvalue weighted by Crippen LogP contribution is 2.11. The molecule has 18 heavy (non-hydrogen) atoms. The van der Waals surface area contributed by atoms with E-state index >= 15 is 0 Å². The number of hydrogen-bond acceptors (Lipinski definition) is 4. The van der Waals surface area contributed by atoms with E-state index in [-0.39, 0.29) is 12.4 Å². The molecule has 0 aliphatic carbocycles. The van der Waals surface area contributed by atoms with Gasteiger partial charge in [0.25, 0.3) is 0 Å². The third kappa shape index (κ3) is 5.89. The standard InChI is InChI=1S/C13H20N2O2.ClH/c1-3-15(4-2)8-9-17-13-7-5-6-12(10-13)11-14-16;/h5-7,10-11,16H,3-4,8-9H2,1-2H3;1H/b14-11+;. The Bertz CT molecular complexity index is 355. The molecule has 0 atom stereocenters. The van der Waals surface area contributed by atoms with Crippen LogP contribution in [0.1, 0.15) is 19.4 Å². The van der Waals surface area contributed by atoms with Crippen LogP contribution in [0.3, 0.4) is 0 Å². The number of nitrogens with zero attached hydrogens (tertiary/aromatic N) is 2. The smallest absolute Gasteiger partial charge is 0.120 e. The molecule has 0 bridgehead atoms. The zero-order valence-corrected chi connectivity index (χ0v) is 11.7. The van der Waals surface area contributed by atoms with Gasteiger partial charge in [0.1, 0.15) is 12.4 Å². The maximum atomic E-state index is 8.45. The zero-order valence-electron chi connectivity index (χ0n) is 10.9. The zero-order chi connectivity index (χ0) is 12.5. The number of rotatable bonds is 7. The summed E-state index contributed by atoms with van der Waals surface area (Å²) in [7, 11) is 0. The van der Waals surface area contributed by atoms with Crippen LogP contribution in [0.15, 0.2) is 29.4 Å². The summed E-state index contributed by atoms with van der Waals surface area (Å²) in [4.78, 5) is 2.30. The number of halogens is 1. The monoisotopic (exact) mass is 272 g/mol. The van der Waals surface area contributed by atoms with Crippen LogP contribution < -0.4 is 4.74 Å². The normalized spacial score (nSPS) is 10.6. The van der Waals surface area contributed by atoms with E-state index in [4.69, 9.17) is 9.94 Å². The van der Waals surface area contributed by atoms with Crippen LogP contribution in [-0.4, -0.2) is 42.6 Å². The molecule has 0 heterocycles. The van der Waals surface area contributed by atoms with Crippen molar-refractivity contribution in [3.05, 3.63) is 29.8 Å². The lowest BCUT2D eigenvalue weighted by atomic mass is 10.2. The van der Waals surface area contributed by atoms with Crippen LogP contribution in [0, 0.1) is 0 Å². The molecule has 0 amide bonds. The van der Waals surface area contributed by atoms with E-state index in [1.54, 1.807) is 0 Å². The molecular formula is C13H21ClN2O2. The molecule has 0 spiro atoms. The summed E-state index contributed by atoms with van der Waals surface area (Å²) >= 11 is 0. The van der Waals surface area contributed by atoms with E-state index in [0.717, 1.165) is 30.9 Å². The van der Waals surface area contributed by atoms with Gasteiger partial charge in [-0.3, -0.25) is 0 Å². The lowest BCUT2D eigenvalue weighted by Crippen LogP contribution is -2.27. The predicted molar refractivity (Wildman–Crippen MR) is 76.4 cm³/mol. The minimum absolute atomic E-state index is 0. The minimum Gasteiger partial charge on any atom is -0.492 e. The Labute approximate surface area is 115 Å². The molecule has 5 heteroatoms. The van der Waals surface area contributed by atoms with E-state index in [1.807, 2.05) is 24.3 Å². The van der Waals surface area contributed by atoms with E-state index in [2.05, 4.69) is 23.9 Å². The van der Waals surface area contributed by atoms with Gasteiger partial charge in [0.2, 0.25) is 0 Å². The van der Waals surface area contributed by atoms with Gasteiger partial charge in [-0.05, 0) is 30.8 Å². The molecule has 0 aromatic heterocycles. The molecule has 102 valence electrons. The van der Waals surface area contributed by atoms with Gasteiger partial charge in [-0.1, -0.05) is 31.1 Å². The van der Waals surface area contributed by atoms with Crippen molar-refractivity contribution >= 4 is 18.6 Å². The van der Waals surface area contributed by atoms with Crippen LogP contribution in [-0.2, 0) is 0 Å². The highest BCUT2D eigenvalue weighted by atomic mass is 35.5. The molecule has 0 unspecified atom stereocenters. The lowest BCUT2D eigenvalue weighted by Gasteiger charge is -2.18. The van der Waals surface area contributed by atoms with Crippen molar-refractivity contribution < 1.29 is 9.94 Å². The first kappa shape index (κ1) is 16.7. The van der Waals surface area contributed by atoms with Gasteiger partial charge in [0.05, 0.1) is 6.21 Å². The maximum Gasteiger partial charge on any atom is 0.120 e. The SMILES string of the molecule is CCN(CC)CCOc1cccc(/C=N/O)c1.Cl. The van der Waals surface area contributed by atoms with E-state index in [0.29, 0.717) is 6.61 Å². The van der Waals surface area contributed by atoms with Crippen molar-refractivity contribution in [2.24, 2.45) is 5.16 Å². The van der Waals surface area contributed by atoms with Crippen molar-refractivity contribution in [1.29, 1.82) is 0 Å². The fraction of sp³-hybridized carbons (Fsp3) is 0.462. The summed E-state index contributed by atoms with van der Waals surface area (Å²) in [5.41, 5.74) is 0.827. The Balaban J connectivity index is 0.00000289. The number of hydrogen-bond donors (Lipinski definition) is 1. The van der Waals surface area contributed by atoms with Gasteiger partial charge in [-0.2, -0.15) is 0 Å². The third-order valence-electron chi connectivity index (χ3n) is 2.64. The third-order valence-corrected chi connectivity index (χ3v) is 2.64. The highest BCUT2D eigenvalue weighted by Gasteiger charge is 2.00. The summed E-state index contributed by atoms with van der Waals surface area (Å²) in [5.74, 6) is 0.801. The average molecular weight is 273 g/mol. The topological polar surface area (TPSA) is 45.1 Å². The fourth-order valence-corrected chi connectivity index (χ4v) is 1.58. The molecule has 0 aliphatic heterocycles. The fourth-order valence-electron chi connectivity index (χ4n) is 1.58. The Morgan fingerprint density at radius 2 is 2.06 bits per heavy atom. The van der Waals surface area contributed by atoms with Crippen molar-refractivity contribution in [2.75, 3.05) is 26.2 Å². The van der Waals surface area contributed by atoms with Gasteiger partial charge in [-0.15, -0.1) is 12.4 Å². The summed E-state index contributed by atoms with van der Waals surface area (Å²) in [5, 5.41) is 11.4. The molecule has 0 fully saturated rings. The highest BCUT2D eigenvalue weighted by molar-refractivity contribution is 5.85. The molecule has 0 radical (unpaired) electrons. The molecular weight excluding hydrogens is 252 g/mol. The molecule has 1 aromatic rings. The van der Waals surface area contributed by atoms with E-state index < -0.39 is 0 Å². The van der Waals surface area contributed by atoms with Crippen molar-refractivity contribution in [3.8, 4) is 5.75 Å². The predicted octanol–water partition coefficient (Wildman–Crippen LogP) is 2.64. The maximum absolute atomic E-state index is 8.45. The van der Waals surface area contributed by atoms with E-state index in [9.17, 15) is 0 Å². The quantitative estimate of drug-likeness (QED) is 0.471. The molecule has 0 aliphatic rings. The van der Waals surface area contributed by atoms with Gasteiger partial charge in [0, 0.05) is 6.54 Å². The van der Waals surface area contributed by atoms with Crippen LogP contribution in [0.2, 0.25) is 0 Å². The second-order valence-corrected chi connectivity index (χ2v) is 3.69. The van der Waals surface area contributed by atoms with Gasteiger partial charge >= 0.3 is 0 Å². The van der Waals surface area contributed by atoms with Crippen LogP contribution in [0.4, 0.5) is 0 Å². The largest absolute Gasteiger partial charge is 0.492 e. The van der Waals surface area contributed by atoms with Crippen molar-refractivity contribution in [2.45, 2.75) is 13.8 Å². The molecule has 1 aromatic carbocycles. The second kappa shape index (κ2) is 9.74. The first-order valence-corrected chi connectivity index (χ1v) is 5.92. The van der Waals surface area contributed by atoms with Crippen LogP contribution in [0.25, 0.3) is 0 Å². The summed E-state index contributed by atoms with van der Waals surface area (Å²) < 4.78 is 5.64. The first-order valence-electron chi connectivity index (χ1n) is 5.92. The average Bonchev–Trinajstić information content (AvgIpc) is 2.36. The van der Waals surface area contributed by atoms with E-state index in [1.165, 1.54) is 6.21 Å². The van der Waals surface area contributed by atoms with Crippen molar-refractivity contribution in [3.63, 3.8) is 0 Å². The first-order chi connectivity index (χ1) is 8.30. The molecule has 4 nitrogen and oxygen atoms in total. The number of ether oxygens (including phenoxy) is 1. The van der Waals surface area contributed by atoms with Crippen LogP contribution in [0.5, 0.6) is 5.75 Å². The molecule has 1 rings (SSSR count). The molecule has 1 N–H and O–H groups in total. The Kier molecular flexibility index (Phi) is 9.06. The summed E-state index contributed by atoms with van der Waals surface area (Å²) in [6.45, 7) is 7.95. The number of likely N-dealkylation sites (N-methyl/N-ethyl adjacent to an activating group) is 1. The summed E-state index contributed by atoms with van der Waals surface area (Å²) in [6, 6.07) is 7.49. The summed E-state index contributed by atoms with van der Waals surface area (Å²) in [6.07, 6.45) is 1.39.